The quantitative estimate of drug-likeness (QED) is 0.0264. The summed E-state index contributed by atoms with van der Waals surface area (Å²) in [5.41, 5.74) is 0. The van der Waals surface area contributed by atoms with Crippen LogP contribution < -0.4 is 5.32 Å². The van der Waals surface area contributed by atoms with Gasteiger partial charge in [-0.05, 0) is 64.2 Å². The van der Waals surface area contributed by atoms with Gasteiger partial charge in [0.15, 0.2) is 6.29 Å². The Morgan fingerprint density at radius 3 is 1.56 bits per heavy atom. The van der Waals surface area contributed by atoms with Gasteiger partial charge in [0.25, 0.3) is 0 Å². The van der Waals surface area contributed by atoms with Crippen molar-refractivity contribution in [2.24, 2.45) is 0 Å². The van der Waals surface area contributed by atoms with Gasteiger partial charge in [-0.1, -0.05) is 184 Å². The molecule has 344 valence electrons. The monoisotopic (exact) mass is 834 g/mol. The smallest absolute Gasteiger partial charge is 0.220 e. The van der Waals surface area contributed by atoms with E-state index in [4.69, 9.17) is 9.47 Å². The number of nitrogens with one attached hydrogen (secondary N) is 1. The van der Waals surface area contributed by atoms with E-state index in [0.29, 0.717) is 6.42 Å². The second-order valence-corrected chi connectivity index (χ2v) is 16.9. The molecule has 1 saturated heterocycles. The van der Waals surface area contributed by atoms with Crippen molar-refractivity contribution in [3.05, 3.63) is 48.6 Å². The molecule has 0 radical (unpaired) electrons. The Morgan fingerprint density at radius 2 is 1.02 bits per heavy atom. The number of hydrogen-bond donors (Lipinski definition) is 6. The number of allylic oxidation sites excluding steroid dienone is 7. The van der Waals surface area contributed by atoms with Crippen molar-refractivity contribution in [3.8, 4) is 0 Å². The molecule has 1 fully saturated rings. The Morgan fingerprint density at radius 1 is 0.576 bits per heavy atom. The van der Waals surface area contributed by atoms with E-state index < -0.39 is 49.5 Å². The highest BCUT2D eigenvalue weighted by molar-refractivity contribution is 5.76. The highest BCUT2D eigenvalue weighted by atomic mass is 16.7. The normalized spacial score (nSPS) is 21.1. The summed E-state index contributed by atoms with van der Waals surface area (Å²) in [6.07, 6.45) is 44.4. The lowest BCUT2D eigenvalue weighted by atomic mass is 9.99. The Labute approximate surface area is 361 Å². The molecule has 9 heteroatoms. The zero-order valence-corrected chi connectivity index (χ0v) is 37.7. The molecule has 7 unspecified atom stereocenters. The minimum Gasteiger partial charge on any atom is -0.394 e. The Balaban J connectivity index is 2.35. The van der Waals surface area contributed by atoms with Crippen LogP contribution in [0.3, 0.4) is 0 Å². The lowest BCUT2D eigenvalue weighted by Gasteiger charge is -2.40. The molecule has 1 heterocycles. The predicted molar refractivity (Wildman–Crippen MR) is 244 cm³/mol. The van der Waals surface area contributed by atoms with Crippen LogP contribution in [-0.2, 0) is 14.3 Å². The number of rotatable bonds is 40. The van der Waals surface area contributed by atoms with E-state index in [1.54, 1.807) is 6.08 Å². The van der Waals surface area contributed by atoms with E-state index in [2.05, 4.69) is 55.6 Å². The lowest BCUT2D eigenvalue weighted by molar-refractivity contribution is -0.302. The first-order valence-corrected chi connectivity index (χ1v) is 24.4. The van der Waals surface area contributed by atoms with Gasteiger partial charge in [-0.2, -0.15) is 0 Å². The van der Waals surface area contributed by atoms with E-state index in [1.807, 2.05) is 6.08 Å². The Kier molecular flexibility index (Phi) is 37.6. The van der Waals surface area contributed by atoms with Gasteiger partial charge in [0, 0.05) is 6.42 Å². The van der Waals surface area contributed by atoms with Crippen molar-refractivity contribution < 1.29 is 39.8 Å². The van der Waals surface area contributed by atoms with Gasteiger partial charge in [0.05, 0.1) is 25.4 Å². The maximum Gasteiger partial charge on any atom is 0.220 e. The fourth-order valence-corrected chi connectivity index (χ4v) is 7.44. The van der Waals surface area contributed by atoms with E-state index >= 15 is 0 Å². The number of hydrogen-bond acceptors (Lipinski definition) is 8. The van der Waals surface area contributed by atoms with Gasteiger partial charge in [-0.25, -0.2) is 0 Å². The Hall–Kier alpha value is -1.85. The molecule has 1 amide bonds. The Bertz CT molecular complexity index is 1060. The second kappa shape index (κ2) is 40.2. The van der Waals surface area contributed by atoms with Crippen molar-refractivity contribution in [2.45, 2.75) is 249 Å². The summed E-state index contributed by atoms with van der Waals surface area (Å²) < 4.78 is 11.2. The van der Waals surface area contributed by atoms with Gasteiger partial charge < -0.3 is 40.3 Å². The number of aliphatic hydroxyl groups excluding tert-OH is 5. The third kappa shape index (κ3) is 30.8. The number of unbranched alkanes of at least 4 members (excludes halogenated alkanes) is 24. The first-order chi connectivity index (χ1) is 28.8. The van der Waals surface area contributed by atoms with E-state index in [-0.39, 0.29) is 12.5 Å². The summed E-state index contributed by atoms with van der Waals surface area (Å²) in [7, 11) is 0. The summed E-state index contributed by atoms with van der Waals surface area (Å²) in [5.74, 6) is -0.192. The van der Waals surface area contributed by atoms with Crippen molar-refractivity contribution in [1.29, 1.82) is 0 Å². The fraction of sp³-hybridized carbons (Fsp3) is 0.820. The van der Waals surface area contributed by atoms with E-state index in [9.17, 15) is 30.3 Å². The first-order valence-electron chi connectivity index (χ1n) is 24.4. The molecule has 1 rings (SSSR count). The third-order valence-corrected chi connectivity index (χ3v) is 11.4. The van der Waals surface area contributed by atoms with Gasteiger partial charge in [0.1, 0.15) is 24.4 Å². The SMILES string of the molecule is CCCCC/C=C\C/C=C\CCCCCCCCCCCC(=O)NC(COC1OC(CO)C(O)C(O)C1O)C(O)/C=C/CC/C=C/CCCCCCCCCCCCC. The van der Waals surface area contributed by atoms with Crippen LogP contribution in [0.1, 0.15) is 206 Å². The molecule has 0 aliphatic carbocycles. The first kappa shape index (κ1) is 55.2. The summed E-state index contributed by atoms with van der Waals surface area (Å²) in [6, 6.07) is -0.824. The molecule has 59 heavy (non-hydrogen) atoms. The highest BCUT2D eigenvalue weighted by Gasteiger charge is 2.44. The molecular weight excluding hydrogens is 743 g/mol. The van der Waals surface area contributed by atoms with E-state index in [0.717, 1.165) is 51.4 Å². The number of carbonyl (C=O) groups excluding carboxylic acids is 1. The van der Waals surface area contributed by atoms with Crippen molar-refractivity contribution in [3.63, 3.8) is 0 Å². The summed E-state index contributed by atoms with van der Waals surface area (Å²) in [4.78, 5) is 13.0. The topological polar surface area (TPSA) is 149 Å². The van der Waals surface area contributed by atoms with Crippen molar-refractivity contribution in [2.75, 3.05) is 13.2 Å². The molecule has 0 spiro atoms. The maximum absolute atomic E-state index is 13.0. The molecule has 1 aliphatic rings. The van der Waals surface area contributed by atoms with E-state index in [1.165, 1.54) is 135 Å². The number of carbonyl (C=O) groups is 1. The molecule has 0 aromatic carbocycles. The van der Waals surface area contributed by atoms with Crippen LogP contribution in [0.4, 0.5) is 0 Å². The average molecular weight is 834 g/mol. The van der Waals surface area contributed by atoms with Gasteiger partial charge in [0.2, 0.25) is 5.91 Å². The number of aliphatic hydroxyl groups is 5. The number of ether oxygens (including phenoxy) is 2. The highest BCUT2D eigenvalue weighted by Crippen LogP contribution is 2.22. The molecule has 0 bridgehead atoms. The van der Waals surface area contributed by atoms with Crippen LogP contribution in [0, 0.1) is 0 Å². The van der Waals surface area contributed by atoms with Crippen LogP contribution in [-0.4, -0.2) is 87.5 Å². The molecule has 0 aromatic rings. The molecule has 6 N–H and O–H groups in total. The molecule has 1 aliphatic heterocycles. The zero-order valence-electron chi connectivity index (χ0n) is 37.7. The van der Waals surface area contributed by atoms with Crippen molar-refractivity contribution >= 4 is 5.91 Å². The summed E-state index contributed by atoms with van der Waals surface area (Å²) in [5, 5.41) is 54.2. The van der Waals surface area contributed by atoms with Crippen molar-refractivity contribution in [1.82, 2.24) is 5.32 Å². The molecule has 7 atom stereocenters. The van der Waals surface area contributed by atoms with Crippen LogP contribution in [0.2, 0.25) is 0 Å². The lowest BCUT2D eigenvalue weighted by Crippen LogP contribution is -2.60. The minimum atomic E-state index is -1.57. The third-order valence-electron chi connectivity index (χ3n) is 11.4. The largest absolute Gasteiger partial charge is 0.394 e. The predicted octanol–water partition coefficient (Wildman–Crippen LogP) is 10.6. The standard InChI is InChI=1S/C50H91NO8/c1-3-5-7-9-11-13-15-17-19-21-22-24-26-28-30-32-34-36-38-40-46(54)51-43(42-58-50-49(57)48(56)47(55)45(41-52)59-50)44(53)39-37-35-33-31-29-27-25-23-20-18-16-14-12-10-8-6-4-2/h11,13,17,19,29,31,37,39,43-45,47-50,52-53,55-57H,3-10,12,14-16,18,20-28,30,32-36,38,40-42H2,1-2H3,(H,51,54)/b13-11-,19-17-,31-29+,39-37+. The molecule has 9 nitrogen and oxygen atoms in total. The zero-order chi connectivity index (χ0) is 43.0. The number of amides is 1. The fourth-order valence-electron chi connectivity index (χ4n) is 7.44. The average Bonchev–Trinajstić information content (AvgIpc) is 3.23. The second-order valence-electron chi connectivity index (χ2n) is 16.9. The summed E-state index contributed by atoms with van der Waals surface area (Å²) in [6.45, 7) is 3.73. The van der Waals surface area contributed by atoms with Gasteiger partial charge in [-0.15, -0.1) is 0 Å². The van der Waals surface area contributed by atoms with Crippen LogP contribution in [0.5, 0.6) is 0 Å². The molecule has 0 aromatic heterocycles. The van der Waals surface area contributed by atoms with Crippen LogP contribution in [0.15, 0.2) is 48.6 Å². The van der Waals surface area contributed by atoms with Crippen LogP contribution in [0.25, 0.3) is 0 Å². The maximum atomic E-state index is 13.0. The van der Waals surface area contributed by atoms with Gasteiger partial charge >= 0.3 is 0 Å². The molecular formula is C50H91NO8. The van der Waals surface area contributed by atoms with Crippen LogP contribution >= 0.6 is 0 Å². The molecule has 0 saturated carbocycles. The summed E-state index contributed by atoms with van der Waals surface area (Å²) >= 11 is 0. The minimum absolute atomic E-state index is 0.192. The van der Waals surface area contributed by atoms with Gasteiger partial charge in [-0.3, -0.25) is 4.79 Å².